The predicted octanol–water partition coefficient (Wildman–Crippen LogP) is 3.02. The van der Waals surface area contributed by atoms with Crippen LogP contribution in [0, 0.1) is 17.1 Å². The van der Waals surface area contributed by atoms with Gasteiger partial charge in [0.1, 0.15) is 23.2 Å². The number of nitrogens with two attached hydrogens (primary N) is 1. The van der Waals surface area contributed by atoms with Crippen LogP contribution in [0.4, 0.5) is 4.39 Å². The van der Waals surface area contributed by atoms with Gasteiger partial charge in [0.15, 0.2) is 0 Å². The third kappa shape index (κ3) is 2.86. The Kier molecular flexibility index (Phi) is 4.59. The second-order valence-electron chi connectivity index (χ2n) is 5.68. The number of ether oxygens (including phenoxy) is 2. The number of fused-ring (bicyclic) bond motifs is 1. The van der Waals surface area contributed by atoms with Crippen molar-refractivity contribution in [1.29, 1.82) is 5.26 Å². The molecule has 0 amide bonds. The molecule has 0 saturated heterocycles. The molecule has 26 heavy (non-hydrogen) atoms. The van der Waals surface area contributed by atoms with Crippen molar-refractivity contribution in [2.75, 3.05) is 6.61 Å². The molecular weight excluding hydrogens is 337 g/mol. The summed E-state index contributed by atoms with van der Waals surface area (Å²) in [6, 6.07) is 8.25. The van der Waals surface area contributed by atoms with Gasteiger partial charge in [-0.2, -0.15) is 5.26 Å². The van der Waals surface area contributed by atoms with E-state index >= 15 is 0 Å². The highest BCUT2D eigenvalue weighted by Crippen LogP contribution is 2.41. The zero-order chi connectivity index (χ0) is 18.8. The molecule has 0 saturated carbocycles. The van der Waals surface area contributed by atoms with Crippen LogP contribution in [0.25, 0.3) is 10.9 Å². The average Bonchev–Trinajstić information content (AvgIpc) is 2.60. The summed E-state index contributed by atoms with van der Waals surface area (Å²) >= 11 is 0. The molecule has 1 aromatic heterocycles. The number of nitrogens with zero attached hydrogens (tertiary/aromatic N) is 2. The molecule has 6 nitrogen and oxygen atoms in total. The molecule has 0 fully saturated rings. The van der Waals surface area contributed by atoms with Crippen LogP contribution in [0.3, 0.4) is 0 Å². The van der Waals surface area contributed by atoms with Crippen molar-refractivity contribution >= 4 is 16.9 Å². The van der Waals surface area contributed by atoms with Gasteiger partial charge < -0.3 is 15.2 Å². The van der Waals surface area contributed by atoms with Crippen molar-refractivity contribution in [2.45, 2.75) is 19.8 Å². The first kappa shape index (κ1) is 17.4. The van der Waals surface area contributed by atoms with E-state index in [-0.39, 0.29) is 35.0 Å². The number of halogens is 1. The molecule has 7 heteroatoms. The van der Waals surface area contributed by atoms with Crippen LogP contribution < -0.4 is 5.73 Å². The fourth-order valence-corrected chi connectivity index (χ4v) is 3.00. The molecule has 0 aliphatic carbocycles. The normalized spacial score (nSPS) is 17.1. The number of hydrogen-bond donors (Lipinski definition) is 1. The number of carbonyl (C=O) groups excluding carboxylic acids is 1. The number of esters is 1. The van der Waals surface area contributed by atoms with E-state index in [1.807, 2.05) is 6.07 Å². The average molecular weight is 353 g/mol. The number of pyridine rings is 1. The van der Waals surface area contributed by atoms with Crippen molar-refractivity contribution < 1.29 is 18.7 Å². The molecule has 1 aromatic carbocycles. The summed E-state index contributed by atoms with van der Waals surface area (Å²) in [6.07, 6.45) is 1.56. The summed E-state index contributed by atoms with van der Waals surface area (Å²) in [5.74, 6) is -2.28. The summed E-state index contributed by atoms with van der Waals surface area (Å²) < 4.78 is 25.3. The van der Waals surface area contributed by atoms with Crippen molar-refractivity contribution in [2.24, 2.45) is 5.73 Å². The molecule has 132 valence electrons. The van der Waals surface area contributed by atoms with Crippen molar-refractivity contribution in [1.82, 2.24) is 4.98 Å². The Hall–Kier alpha value is -3.40. The van der Waals surface area contributed by atoms with Crippen LogP contribution in [-0.2, 0) is 14.3 Å². The van der Waals surface area contributed by atoms with Crippen LogP contribution in [0.2, 0.25) is 0 Å². The lowest BCUT2D eigenvalue weighted by molar-refractivity contribution is -0.139. The summed E-state index contributed by atoms with van der Waals surface area (Å²) in [4.78, 5) is 16.6. The number of benzene rings is 1. The zero-order valence-electron chi connectivity index (χ0n) is 14.2. The number of nitriles is 1. The standard InChI is InChI=1S/C19H16FN3O3/c1-3-25-19(24)16-10(2)26-18(22)13(9-21)17(16)12-7-11-5-4-6-23-15(11)8-14(12)20/h4-8,17H,3,22H2,1-2H3. The molecule has 0 bridgehead atoms. The SMILES string of the molecule is CCOC(=O)C1=C(C)OC(N)=C(C#N)C1c1cc2cccnc2cc1F. The van der Waals surface area contributed by atoms with Crippen molar-refractivity contribution in [3.8, 4) is 6.07 Å². The lowest BCUT2D eigenvalue weighted by Crippen LogP contribution is -2.26. The van der Waals surface area contributed by atoms with E-state index in [0.717, 1.165) is 0 Å². The van der Waals surface area contributed by atoms with Gasteiger partial charge in [-0.3, -0.25) is 4.98 Å². The first-order valence-corrected chi connectivity index (χ1v) is 7.97. The van der Waals surface area contributed by atoms with Crippen molar-refractivity contribution in [3.63, 3.8) is 0 Å². The summed E-state index contributed by atoms with van der Waals surface area (Å²) in [5, 5.41) is 10.2. The van der Waals surface area contributed by atoms with E-state index in [2.05, 4.69) is 4.98 Å². The fourth-order valence-electron chi connectivity index (χ4n) is 3.00. The Bertz CT molecular complexity index is 1000. The molecule has 2 heterocycles. The number of allylic oxidation sites excluding steroid dienone is 2. The van der Waals surface area contributed by atoms with Gasteiger partial charge in [0, 0.05) is 23.2 Å². The molecule has 1 aliphatic rings. The van der Waals surface area contributed by atoms with E-state index in [1.54, 1.807) is 31.3 Å². The lowest BCUT2D eigenvalue weighted by Gasteiger charge is -2.27. The molecule has 1 aliphatic heterocycles. The maximum absolute atomic E-state index is 14.9. The number of carbonyl (C=O) groups is 1. The topological polar surface area (TPSA) is 98.2 Å². The Morgan fingerprint density at radius 3 is 2.96 bits per heavy atom. The minimum atomic E-state index is -1.02. The molecular formula is C19H16FN3O3. The van der Waals surface area contributed by atoms with Crippen LogP contribution in [0.1, 0.15) is 25.3 Å². The lowest BCUT2D eigenvalue weighted by atomic mass is 9.82. The third-order valence-electron chi connectivity index (χ3n) is 4.13. The highest BCUT2D eigenvalue weighted by Gasteiger charge is 2.37. The minimum absolute atomic E-state index is 0.0409. The minimum Gasteiger partial charge on any atom is -0.463 e. The monoisotopic (exact) mass is 353 g/mol. The van der Waals surface area contributed by atoms with Gasteiger partial charge in [-0.1, -0.05) is 6.07 Å². The van der Waals surface area contributed by atoms with Crippen molar-refractivity contribution in [3.05, 3.63) is 64.6 Å². The van der Waals surface area contributed by atoms with Gasteiger partial charge in [-0.15, -0.1) is 0 Å². The number of hydrogen-bond acceptors (Lipinski definition) is 6. The van der Waals surface area contributed by atoms with E-state index in [9.17, 15) is 14.4 Å². The highest BCUT2D eigenvalue weighted by molar-refractivity contribution is 5.93. The van der Waals surface area contributed by atoms with Gasteiger partial charge in [-0.05, 0) is 26.0 Å². The quantitative estimate of drug-likeness (QED) is 0.852. The molecule has 0 spiro atoms. The van der Waals surface area contributed by atoms with E-state index in [0.29, 0.717) is 10.9 Å². The van der Waals surface area contributed by atoms with Crippen LogP contribution in [0.5, 0.6) is 0 Å². The zero-order valence-corrected chi connectivity index (χ0v) is 14.2. The summed E-state index contributed by atoms with van der Waals surface area (Å²) in [6.45, 7) is 3.32. The molecule has 1 unspecified atom stereocenters. The van der Waals surface area contributed by atoms with Crippen LogP contribution in [-0.4, -0.2) is 17.6 Å². The third-order valence-corrected chi connectivity index (χ3v) is 4.13. The Labute approximate surface area is 149 Å². The van der Waals surface area contributed by atoms with E-state index in [1.165, 1.54) is 13.0 Å². The van der Waals surface area contributed by atoms with Crippen LogP contribution >= 0.6 is 0 Å². The predicted molar refractivity (Wildman–Crippen MR) is 91.7 cm³/mol. The van der Waals surface area contributed by atoms with Gasteiger partial charge >= 0.3 is 5.97 Å². The van der Waals surface area contributed by atoms with Gasteiger partial charge in [0.05, 0.1) is 23.6 Å². The first-order chi connectivity index (χ1) is 12.5. The molecule has 3 rings (SSSR count). The summed E-state index contributed by atoms with van der Waals surface area (Å²) in [7, 11) is 0. The molecule has 1 atom stereocenters. The summed E-state index contributed by atoms with van der Waals surface area (Å²) in [5.41, 5.74) is 6.44. The first-order valence-electron chi connectivity index (χ1n) is 7.97. The second-order valence-corrected chi connectivity index (χ2v) is 5.68. The Morgan fingerprint density at radius 1 is 1.50 bits per heavy atom. The second kappa shape index (κ2) is 6.84. The Balaban J connectivity index is 2.26. The maximum Gasteiger partial charge on any atom is 0.338 e. The molecule has 0 radical (unpaired) electrons. The molecule has 2 N–H and O–H groups in total. The molecule has 2 aromatic rings. The Morgan fingerprint density at radius 2 is 2.27 bits per heavy atom. The van der Waals surface area contributed by atoms with Gasteiger partial charge in [0.2, 0.25) is 5.88 Å². The fraction of sp³-hybridized carbons (Fsp3) is 0.211. The largest absolute Gasteiger partial charge is 0.463 e. The number of rotatable bonds is 3. The van der Waals surface area contributed by atoms with E-state index < -0.39 is 17.7 Å². The van der Waals surface area contributed by atoms with E-state index in [4.69, 9.17) is 15.2 Å². The van der Waals surface area contributed by atoms with Crippen LogP contribution in [0.15, 0.2) is 53.3 Å². The number of aromatic nitrogens is 1. The maximum atomic E-state index is 14.9. The van der Waals surface area contributed by atoms with Gasteiger partial charge in [-0.25, -0.2) is 9.18 Å². The highest BCUT2D eigenvalue weighted by atomic mass is 19.1. The van der Waals surface area contributed by atoms with Gasteiger partial charge in [0.25, 0.3) is 0 Å². The smallest absolute Gasteiger partial charge is 0.338 e.